The average Bonchev–Trinajstić information content (AvgIpc) is 1.85. The number of hydrogen-bond donors (Lipinski definition) is 3. The van der Waals surface area contributed by atoms with Gasteiger partial charge in [0.15, 0.2) is 6.35 Å². The second-order valence-corrected chi connectivity index (χ2v) is 1.89. The summed E-state index contributed by atoms with van der Waals surface area (Å²) in [6.45, 7) is 3.37. The van der Waals surface area contributed by atoms with E-state index in [1.165, 1.54) is 0 Å². The number of nitrogens with two attached hydrogens (primary N) is 1. The number of carbonyl (C=O) groups is 1. The van der Waals surface area contributed by atoms with E-state index in [0.29, 0.717) is 5.57 Å². The number of amides is 1. The van der Waals surface area contributed by atoms with Crippen LogP contribution in [-0.4, -0.2) is 17.4 Å². The number of carbonyl (C=O) groups excluding carboxylic acids is 1. The van der Waals surface area contributed by atoms with Crippen LogP contribution in [0, 0.1) is 0 Å². The van der Waals surface area contributed by atoms with E-state index in [1.807, 2.05) is 0 Å². The molecule has 0 aliphatic heterocycles. The van der Waals surface area contributed by atoms with E-state index in [0.717, 1.165) is 0 Å². The summed E-state index contributed by atoms with van der Waals surface area (Å²) in [5, 5.41) is 10.6. The predicted molar refractivity (Wildman–Crippen MR) is 37.8 cm³/mol. The van der Waals surface area contributed by atoms with E-state index in [-0.39, 0.29) is 5.91 Å². The van der Waals surface area contributed by atoms with Crippen LogP contribution in [-0.2, 0) is 4.79 Å². The predicted octanol–water partition coefficient (Wildman–Crippen LogP) is -0.697. The first-order valence-electron chi connectivity index (χ1n) is 2.95. The second kappa shape index (κ2) is 4.03. The van der Waals surface area contributed by atoms with Crippen molar-refractivity contribution in [2.45, 2.75) is 20.2 Å². The third kappa shape index (κ3) is 3.21. The van der Waals surface area contributed by atoms with E-state index in [9.17, 15) is 4.79 Å². The Hall–Kier alpha value is -0.870. The minimum Gasteiger partial charge on any atom is -0.361 e. The molecule has 4 heteroatoms. The van der Waals surface area contributed by atoms with Gasteiger partial charge in [0.25, 0.3) is 0 Å². The lowest BCUT2D eigenvalue weighted by Crippen LogP contribution is -2.41. The molecule has 0 aliphatic carbocycles. The van der Waals surface area contributed by atoms with Crippen molar-refractivity contribution >= 4 is 5.91 Å². The summed E-state index contributed by atoms with van der Waals surface area (Å²) >= 11 is 0. The van der Waals surface area contributed by atoms with Crippen LogP contribution in [0.5, 0.6) is 0 Å². The third-order valence-corrected chi connectivity index (χ3v) is 1.07. The van der Waals surface area contributed by atoms with Gasteiger partial charge in [0.1, 0.15) is 0 Å². The fraction of sp³-hybridized carbons (Fsp3) is 0.500. The van der Waals surface area contributed by atoms with Crippen molar-refractivity contribution in [2.75, 3.05) is 0 Å². The molecule has 0 saturated heterocycles. The van der Waals surface area contributed by atoms with Crippen LogP contribution in [0.2, 0.25) is 0 Å². The van der Waals surface area contributed by atoms with Gasteiger partial charge in [-0.05, 0) is 13.8 Å². The first kappa shape index (κ1) is 9.13. The summed E-state index contributed by atoms with van der Waals surface area (Å²) in [7, 11) is 0. The molecule has 0 heterocycles. The van der Waals surface area contributed by atoms with E-state index in [2.05, 4.69) is 5.32 Å². The molecule has 10 heavy (non-hydrogen) atoms. The zero-order chi connectivity index (χ0) is 8.15. The molecule has 0 aliphatic rings. The SMILES string of the molecule is C/C=C(/C)C(=O)NC(N)O. The van der Waals surface area contributed by atoms with Crippen LogP contribution in [0.4, 0.5) is 0 Å². The number of rotatable bonds is 2. The molecule has 1 atom stereocenters. The summed E-state index contributed by atoms with van der Waals surface area (Å²) in [6.07, 6.45) is 0.361. The molecule has 58 valence electrons. The largest absolute Gasteiger partial charge is 0.361 e. The fourth-order valence-electron chi connectivity index (χ4n) is 0.379. The van der Waals surface area contributed by atoms with Gasteiger partial charge in [-0.2, -0.15) is 0 Å². The van der Waals surface area contributed by atoms with Gasteiger partial charge in [-0.15, -0.1) is 0 Å². The lowest BCUT2D eigenvalue weighted by molar-refractivity contribution is -0.120. The monoisotopic (exact) mass is 144 g/mol. The number of aliphatic hydroxyl groups excluding tert-OH is 1. The second-order valence-electron chi connectivity index (χ2n) is 1.89. The summed E-state index contributed by atoms with van der Waals surface area (Å²) in [5.74, 6) is -0.350. The molecule has 0 rings (SSSR count). The van der Waals surface area contributed by atoms with E-state index in [4.69, 9.17) is 10.8 Å². The van der Waals surface area contributed by atoms with Crippen LogP contribution < -0.4 is 11.1 Å². The molecular weight excluding hydrogens is 132 g/mol. The smallest absolute Gasteiger partial charge is 0.249 e. The molecule has 0 aromatic heterocycles. The molecular formula is C6H12N2O2. The van der Waals surface area contributed by atoms with Crippen LogP contribution in [0.15, 0.2) is 11.6 Å². The Morgan fingerprint density at radius 3 is 2.60 bits per heavy atom. The number of nitrogens with one attached hydrogen (secondary N) is 1. The van der Waals surface area contributed by atoms with Gasteiger partial charge >= 0.3 is 0 Å². The fourth-order valence-corrected chi connectivity index (χ4v) is 0.379. The highest BCUT2D eigenvalue weighted by Crippen LogP contribution is 1.89. The molecule has 4 nitrogen and oxygen atoms in total. The average molecular weight is 144 g/mol. The molecule has 1 amide bonds. The maximum absolute atomic E-state index is 10.8. The van der Waals surface area contributed by atoms with Crippen LogP contribution >= 0.6 is 0 Å². The zero-order valence-electron chi connectivity index (χ0n) is 6.09. The van der Waals surface area contributed by atoms with Crippen molar-refractivity contribution in [3.8, 4) is 0 Å². The Morgan fingerprint density at radius 1 is 1.80 bits per heavy atom. The quantitative estimate of drug-likeness (QED) is 0.354. The number of hydrogen-bond acceptors (Lipinski definition) is 3. The van der Waals surface area contributed by atoms with Crippen molar-refractivity contribution in [2.24, 2.45) is 5.73 Å². The van der Waals surface area contributed by atoms with Crippen molar-refractivity contribution in [3.05, 3.63) is 11.6 Å². The molecule has 0 fully saturated rings. The molecule has 4 N–H and O–H groups in total. The summed E-state index contributed by atoms with van der Waals surface area (Å²) in [6, 6.07) is 0. The molecule has 0 spiro atoms. The lowest BCUT2D eigenvalue weighted by Gasteiger charge is -2.06. The molecule has 0 radical (unpaired) electrons. The summed E-state index contributed by atoms with van der Waals surface area (Å²) in [5.41, 5.74) is 5.41. The molecule has 0 aromatic carbocycles. The lowest BCUT2D eigenvalue weighted by atomic mass is 10.3. The van der Waals surface area contributed by atoms with Gasteiger partial charge in [0.2, 0.25) is 5.91 Å². The van der Waals surface area contributed by atoms with Crippen LogP contribution in [0.25, 0.3) is 0 Å². The minimum atomic E-state index is -1.28. The van der Waals surface area contributed by atoms with Gasteiger partial charge in [-0.1, -0.05) is 6.08 Å². The molecule has 0 aromatic rings. The van der Waals surface area contributed by atoms with Crippen LogP contribution in [0.1, 0.15) is 13.8 Å². The highest BCUT2D eigenvalue weighted by Gasteiger charge is 2.03. The molecule has 0 bridgehead atoms. The van der Waals surface area contributed by atoms with E-state index in [1.54, 1.807) is 19.9 Å². The van der Waals surface area contributed by atoms with Crippen molar-refractivity contribution in [1.82, 2.24) is 5.32 Å². The molecule has 1 unspecified atom stereocenters. The number of allylic oxidation sites excluding steroid dienone is 1. The van der Waals surface area contributed by atoms with Crippen molar-refractivity contribution < 1.29 is 9.90 Å². The zero-order valence-corrected chi connectivity index (χ0v) is 6.09. The Balaban J connectivity index is 3.86. The topological polar surface area (TPSA) is 75.4 Å². The van der Waals surface area contributed by atoms with E-state index >= 15 is 0 Å². The van der Waals surface area contributed by atoms with Gasteiger partial charge in [0.05, 0.1) is 0 Å². The first-order valence-corrected chi connectivity index (χ1v) is 2.95. The van der Waals surface area contributed by atoms with Gasteiger partial charge in [-0.25, -0.2) is 0 Å². The van der Waals surface area contributed by atoms with Crippen molar-refractivity contribution in [1.29, 1.82) is 0 Å². The Bertz CT molecular complexity index is 152. The Labute approximate surface area is 59.7 Å². The Morgan fingerprint density at radius 2 is 2.30 bits per heavy atom. The highest BCUT2D eigenvalue weighted by atomic mass is 16.3. The van der Waals surface area contributed by atoms with Crippen LogP contribution in [0.3, 0.4) is 0 Å². The van der Waals surface area contributed by atoms with Crippen molar-refractivity contribution in [3.63, 3.8) is 0 Å². The Kier molecular flexibility index (Phi) is 3.68. The standard InChI is InChI=1S/C6H12N2O2/c1-3-4(2)5(9)8-6(7)10/h3,6,10H,7H2,1-2H3,(H,8,9)/b4-3-. The summed E-state index contributed by atoms with van der Waals surface area (Å²) < 4.78 is 0. The van der Waals surface area contributed by atoms with Gasteiger partial charge < -0.3 is 10.4 Å². The first-order chi connectivity index (χ1) is 4.57. The van der Waals surface area contributed by atoms with E-state index < -0.39 is 6.35 Å². The maximum atomic E-state index is 10.8. The summed E-state index contributed by atoms with van der Waals surface area (Å²) in [4.78, 5) is 10.8. The van der Waals surface area contributed by atoms with Gasteiger partial charge in [0, 0.05) is 5.57 Å². The maximum Gasteiger partial charge on any atom is 0.249 e. The normalized spacial score (nSPS) is 14.6. The highest BCUT2D eigenvalue weighted by molar-refractivity contribution is 5.92. The number of aliphatic hydroxyl groups is 1. The molecule has 0 saturated carbocycles. The third-order valence-electron chi connectivity index (χ3n) is 1.07. The van der Waals surface area contributed by atoms with Gasteiger partial charge in [-0.3, -0.25) is 10.5 Å². The minimum absolute atomic E-state index is 0.350.